The van der Waals surface area contributed by atoms with Crippen LogP contribution in [0.15, 0.2) is 36.4 Å². The average molecular weight is 575 g/mol. The Morgan fingerprint density at radius 2 is 1.73 bits per heavy atom. The van der Waals surface area contributed by atoms with Gasteiger partial charge in [0.15, 0.2) is 6.10 Å². The summed E-state index contributed by atoms with van der Waals surface area (Å²) in [5.41, 5.74) is -0.389. The SMILES string of the molecule is N#Cc1ccc(NC2CCC(OCC(=O)N3CCN(C(=O)C4Cc5cc(F)ccc5O4)CC3)CC2)cc1C(F)(F)F. The van der Waals surface area contributed by atoms with E-state index in [1.807, 2.05) is 0 Å². The molecule has 12 heteroatoms. The van der Waals surface area contributed by atoms with Crippen LogP contribution in [0.1, 0.15) is 42.4 Å². The summed E-state index contributed by atoms with van der Waals surface area (Å²) in [6, 6.07) is 9.36. The van der Waals surface area contributed by atoms with Gasteiger partial charge in [-0.2, -0.15) is 18.4 Å². The number of anilines is 1. The van der Waals surface area contributed by atoms with Gasteiger partial charge < -0.3 is 24.6 Å². The maximum Gasteiger partial charge on any atom is 0.417 e. The summed E-state index contributed by atoms with van der Waals surface area (Å²) < 4.78 is 64.8. The second kappa shape index (κ2) is 11.9. The molecule has 1 unspecified atom stereocenters. The highest BCUT2D eigenvalue weighted by Gasteiger charge is 2.36. The molecule has 2 amide bonds. The molecule has 41 heavy (non-hydrogen) atoms. The highest BCUT2D eigenvalue weighted by Crippen LogP contribution is 2.34. The van der Waals surface area contributed by atoms with E-state index in [1.165, 1.54) is 30.3 Å². The largest absolute Gasteiger partial charge is 0.480 e. The number of halogens is 4. The van der Waals surface area contributed by atoms with Crippen molar-refractivity contribution in [2.75, 3.05) is 38.1 Å². The monoisotopic (exact) mass is 574 g/mol. The Labute approximate surface area is 234 Å². The van der Waals surface area contributed by atoms with E-state index >= 15 is 0 Å². The Morgan fingerprint density at radius 1 is 1.02 bits per heavy atom. The van der Waals surface area contributed by atoms with E-state index in [0.717, 1.165) is 6.07 Å². The fourth-order valence-electron chi connectivity index (χ4n) is 5.59. The third-order valence-corrected chi connectivity index (χ3v) is 7.85. The van der Waals surface area contributed by atoms with Crippen LogP contribution in [0.5, 0.6) is 5.75 Å². The van der Waals surface area contributed by atoms with Crippen LogP contribution in [0.3, 0.4) is 0 Å². The number of alkyl halides is 3. The van der Waals surface area contributed by atoms with E-state index in [-0.39, 0.29) is 36.4 Å². The van der Waals surface area contributed by atoms with Crippen molar-refractivity contribution in [3.05, 3.63) is 58.9 Å². The normalized spacial score (nSPS) is 22.5. The number of ether oxygens (including phenoxy) is 2. The molecule has 0 spiro atoms. The smallest absolute Gasteiger partial charge is 0.417 e. The minimum absolute atomic E-state index is 0.0409. The van der Waals surface area contributed by atoms with Crippen molar-refractivity contribution in [3.63, 3.8) is 0 Å². The third-order valence-electron chi connectivity index (χ3n) is 7.85. The zero-order valence-electron chi connectivity index (χ0n) is 22.3. The number of piperazine rings is 1. The van der Waals surface area contributed by atoms with E-state index in [1.54, 1.807) is 15.9 Å². The molecule has 2 aromatic rings. The molecule has 1 atom stereocenters. The molecule has 0 bridgehead atoms. The molecule has 1 saturated heterocycles. The molecule has 3 aliphatic rings. The Balaban J connectivity index is 1.02. The average Bonchev–Trinajstić information content (AvgIpc) is 3.39. The number of nitrogens with one attached hydrogen (secondary N) is 1. The summed E-state index contributed by atoms with van der Waals surface area (Å²) in [7, 11) is 0. The number of rotatable bonds is 6. The molecule has 2 aliphatic heterocycles. The van der Waals surface area contributed by atoms with Gasteiger partial charge in [0, 0.05) is 49.9 Å². The van der Waals surface area contributed by atoms with Gasteiger partial charge in [-0.3, -0.25) is 9.59 Å². The molecule has 1 N–H and O–H groups in total. The lowest BCUT2D eigenvalue weighted by molar-refractivity contribution is -0.146. The molecule has 5 rings (SSSR count). The molecule has 1 aliphatic carbocycles. The number of nitriles is 1. The predicted octanol–water partition coefficient (Wildman–Crippen LogP) is 4.13. The topological polar surface area (TPSA) is 94.9 Å². The quantitative estimate of drug-likeness (QED) is 0.522. The second-order valence-electron chi connectivity index (χ2n) is 10.6. The van der Waals surface area contributed by atoms with E-state index in [9.17, 15) is 27.2 Å². The maximum atomic E-state index is 13.5. The minimum Gasteiger partial charge on any atom is -0.480 e. The Kier molecular flexibility index (Phi) is 8.35. The zero-order chi connectivity index (χ0) is 29.1. The highest BCUT2D eigenvalue weighted by molar-refractivity contribution is 5.83. The first-order valence-electron chi connectivity index (χ1n) is 13.6. The first-order valence-corrected chi connectivity index (χ1v) is 13.6. The predicted molar refractivity (Wildman–Crippen MR) is 139 cm³/mol. The minimum atomic E-state index is -4.61. The zero-order valence-corrected chi connectivity index (χ0v) is 22.3. The van der Waals surface area contributed by atoms with Crippen LogP contribution in [0.25, 0.3) is 0 Å². The lowest BCUT2D eigenvalue weighted by atomic mass is 9.92. The fourth-order valence-corrected chi connectivity index (χ4v) is 5.59. The van der Waals surface area contributed by atoms with E-state index in [4.69, 9.17) is 14.7 Å². The second-order valence-corrected chi connectivity index (χ2v) is 10.6. The molecule has 0 aromatic heterocycles. The summed E-state index contributed by atoms with van der Waals surface area (Å²) in [6.45, 7) is 1.43. The van der Waals surface area contributed by atoms with Crippen LogP contribution < -0.4 is 10.1 Å². The number of carbonyl (C=O) groups is 2. The van der Waals surface area contributed by atoms with Crippen molar-refractivity contribution < 1.29 is 36.6 Å². The fraction of sp³-hybridized carbons (Fsp3) is 0.483. The lowest BCUT2D eigenvalue weighted by Crippen LogP contribution is -2.54. The Morgan fingerprint density at radius 3 is 2.41 bits per heavy atom. The Hall–Kier alpha value is -3.85. The standard InChI is InChI=1S/C29H30F4N4O4/c30-20-2-8-25-19(13-20)14-26(41-25)28(39)37-11-9-36(10-12-37)27(38)17-40-23-6-4-21(5-7-23)35-22-3-1-18(16-34)24(15-22)29(31,32)33/h1-3,8,13,15,21,23,26,35H,4-7,9-12,14,17H2. The number of hydrogen-bond acceptors (Lipinski definition) is 6. The molecule has 8 nitrogen and oxygen atoms in total. The van der Waals surface area contributed by atoms with Crippen molar-refractivity contribution in [3.8, 4) is 11.8 Å². The Bertz CT molecular complexity index is 1330. The highest BCUT2D eigenvalue weighted by atomic mass is 19.4. The van der Waals surface area contributed by atoms with Crippen molar-refractivity contribution in [2.24, 2.45) is 0 Å². The van der Waals surface area contributed by atoms with Gasteiger partial charge >= 0.3 is 6.18 Å². The molecule has 218 valence electrons. The van der Waals surface area contributed by atoms with E-state index in [2.05, 4.69) is 5.32 Å². The summed E-state index contributed by atoms with van der Waals surface area (Å²) in [5, 5.41) is 12.1. The molecule has 0 radical (unpaired) electrons. The molecule has 1 saturated carbocycles. The first kappa shape index (κ1) is 28.7. The van der Waals surface area contributed by atoms with E-state index in [0.29, 0.717) is 75.3 Å². The van der Waals surface area contributed by atoms with Crippen molar-refractivity contribution in [1.82, 2.24) is 9.80 Å². The maximum absolute atomic E-state index is 13.5. The summed E-state index contributed by atoms with van der Waals surface area (Å²) in [4.78, 5) is 29.0. The summed E-state index contributed by atoms with van der Waals surface area (Å²) in [6.07, 6.45) is -2.46. The molecule has 2 heterocycles. The van der Waals surface area contributed by atoms with Gasteiger partial charge in [0.2, 0.25) is 5.91 Å². The number of fused-ring (bicyclic) bond motifs is 1. The van der Waals surface area contributed by atoms with Gasteiger partial charge in [-0.25, -0.2) is 4.39 Å². The molecular formula is C29H30F4N4O4. The number of nitrogens with zero attached hydrogens (tertiary/aromatic N) is 3. The number of benzene rings is 2. The lowest BCUT2D eigenvalue weighted by Gasteiger charge is -2.36. The van der Waals surface area contributed by atoms with Crippen LogP contribution >= 0.6 is 0 Å². The van der Waals surface area contributed by atoms with Crippen molar-refractivity contribution in [2.45, 2.75) is 56.5 Å². The summed E-state index contributed by atoms with van der Waals surface area (Å²) >= 11 is 0. The van der Waals surface area contributed by atoms with Gasteiger partial charge in [-0.05, 0) is 62.1 Å². The van der Waals surface area contributed by atoms with E-state index < -0.39 is 23.4 Å². The number of hydrogen-bond donors (Lipinski definition) is 1. The van der Waals surface area contributed by atoms with Crippen molar-refractivity contribution in [1.29, 1.82) is 5.26 Å². The number of carbonyl (C=O) groups excluding carboxylic acids is 2. The van der Waals surface area contributed by atoms with Gasteiger partial charge in [-0.1, -0.05) is 0 Å². The molecule has 2 fully saturated rings. The van der Waals surface area contributed by atoms with Gasteiger partial charge in [0.25, 0.3) is 5.91 Å². The van der Waals surface area contributed by atoms with Crippen LogP contribution in [-0.2, 0) is 26.9 Å². The molecule has 2 aromatic carbocycles. The number of amides is 2. The third kappa shape index (κ3) is 6.73. The van der Waals surface area contributed by atoms with Crippen LogP contribution in [0.4, 0.5) is 23.2 Å². The molecular weight excluding hydrogens is 544 g/mol. The van der Waals surface area contributed by atoms with Crippen LogP contribution in [-0.4, -0.2) is 72.6 Å². The van der Waals surface area contributed by atoms with Gasteiger partial charge in [-0.15, -0.1) is 0 Å². The summed E-state index contributed by atoms with van der Waals surface area (Å²) in [5.74, 6) is -0.184. The van der Waals surface area contributed by atoms with Crippen molar-refractivity contribution >= 4 is 17.5 Å². The van der Waals surface area contributed by atoms with Crippen LogP contribution in [0, 0.1) is 17.1 Å². The van der Waals surface area contributed by atoms with Gasteiger partial charge in [0.1, 0.15) is 18.2 Å². The van der Waals surface area contributed by atoms with Gasteiger partial charge in [0.05, 0.1) is 23.3 Å². The first-order chi connectivity index (χ1) is 19.6. The van der Waals surface area contributed by atoms with Crippen LogP contribution in [0.2, 0.25) is 0 Å².